The monoisotopic (exact) mass is 358 g/mol. The van der Waals surface area contributed by atoms with Gasteiger partial charge in [-0.2, -0.15) is 0 Å². The molecule has 2 aromatic rings. The van der Waals surface area contributed by atoms with E-state index in [2.05, 4.69) is 5.32 Å². The van der Waals surface area contributed by atoms with Crippen molar-refractivity contribution in [2.75, 3.05) is 25.5 Å². The number of ketones is 1. The molecular formula is C20H20F2N2O2. The average molecular weight is 358 g/mol. The van der Waals surface area contributed by atoms with Gasteiger partial charge in [0.2, 0.25) is 0 Å². The Bertz CT molecular complexity index is 821. The normalized spacial score (nSPS) is 17.0. The fourth-order valence-electron chi connectivity index (χ4n) is 3.22. The molecule has 0 spiro atoms. The largest absolute Gasteiger partial charge is 0.388 e. The lowest BCUT2D eigenvalue weighted by Crippen LogP contribution is -2.42. The first-order valence-corrected chi connectivity index (χ1v) is 8.56. The zero-order valence-corrected chi connectivity index (χ0v) is 14.5. The molecule has 1 atom stereocenters. The summed E-state index contributed by atoms with van der Waals surface area (Å²) in [6.07, 6.45) is 1.32. The van der Waals surface area contributed by atoms with Crippen LogP contribution in [0.2, 0.25) is 0 Å². The van der Waals surface area contributed by atoms with Crippen molar-refractivity contribution < 1.29 is 18.4 Å². The van der Waals surface area contributed by atoms with Crippen LogP contribution in [0.5, 0.6) is 0 Å². The topological polar surface area (TPSA) is 49.4 Å². The maximum absolute atomic E-state index is 13.4. The Morgan fingerprint density at radius 1 is 1.04 bits per heavy atom. The standard InChI is InChI=1S/C20H20F2N2O2/c1-23-16-7-4-13(5-8-16)20(26)24-10-2-3-15(12-24)19(25)14-6-9-17(21)18(22)11-14/h4-9,11,15,23H,2-3,10,12H2,1H3/t15-/m0/s1. The number of hydrogen-bond acceptors (Lipinski definition) is 3. The molecule has 0 saturated carbocycles. The van der Waals surface area contributed by atoms with E-state index >= 15 is 0 Å². The first-order chi connectivity index (χ1) is 12.5. The molecule has 26 heavy (non-hydrogen) atoms. The highest BCUT2D eigenvalue weighted by Gasteiger charge is 2.29. The molecule has 0 aliphatic carbocycles. The molecule has 1 N–H and O–H groups in total. The number of anilines is 1. The van der Waals surface area contributed by atoms with Crippen molar-refractivity contribution in [1.82, 2.24) is 4.90 Å². The second kappa shape index (κ2) is 7.64. The third kappa shape index (κ3) is 3.74. The molecule has 2 aromatic carbocycles. The number of amides is 1. The van der Waals surface area contributed by atoms with Crippen molar-refractivity contribution in [3.8, 4) is 0 Å². The minimum absolute atomic E-state index is 0.129. The summed E-state index contributed by atoms with van der Waals surface area (Å²) in [6, 6.07) is 10.3. The maximum Gasteiger partial charge on any atom is 0.253 e. The smallest absolute Gasteiger partial charge is 0.253 e. The fraction of sp³-hybridized carbons (Fsp3) is 0.300. The highest BCUT2D eigenvalue weighted by Crippen LogP contribution is 2.23. The predicted molar refractivity (Wildman–Crippen MR) is 95.3 cm³/mol. The lowest BCUT2D eigenvalue weighted by atomic mass is 9.89. The molecule has 1 fully saturated rings. The van der Waals surface area contributed by atoms with E-state index in [4.69, 9.17) is 0 Å². The van der Waals surface area contributed by atoms with Gasteiger partial charge >= 0.3 is 0 Å². The summed E-state index contributed by atoms with van der Waals surface area (Å²) in [4.78, 5) is 27.0. The van der Waals surface area contributed by atoms with Crippen LogP contribution in [-0.2, 0) is 0 Å². The van der Waals surface area contributed by atoms with Crippen LogP contribution in [0.4, 0.5) is 14.5 Å². The van der Waals surface area contributed by atoms with Gasteiger partial charge in [-0.3, -0.25) is 9.59 Å². The SMILES string of the molecule is CNc1ccc(C(=O)N2CCC[C@H](C(=O)c3ccc(F)c(F)c3)C2)cc1. The van der Waals surface area contributed by atoms with E-state index in [1.807, 2.05) is 12.1 Å². The van der Waals surface area contributed by atoms with E-state index in [1.165, 1.54) is 6.07 Å². The van der Waals surface area contributed by atoms with Gasteiger partial charge in [0.1, 0.15) is 0 Å². The number of carbonyl (C=O) groups is 2. The van der Waals surface area contributed by atoms with Crippen LogP contribution in [-0.4, -0.2) is 36.7 Å². The van der Waals surface area contributed by atoms with Gasteiger partial charge in [-0.05, 0) is 55.3 Å². The Kier molecular flexibility index (Phi) is 5.30. The van der Waals surface area contributed by atoms with Crippen molar-refractivity contribution in [2.24, 2.45) is 5.92 Å². The van der Waals surface area contributed by atoms with Crippen LogP contribution >= 0.6 is 0 Å². The van der Waals surface area contributed by atoms with Crippen molar-refractivity contribution in [2.45, 2.75) is 12.8 Å². The molecule has 0 unspecified atom stereocenters. The van der Waals surface area contributed by atoms with Crippen molar-refractivity contribution in [3.05, 3.63) is 65.2 Å². The van der Waals surface area contributed by atoms with Crippen molar-refractivity contribution >= 4 is 17.4 Å². The Morgan fingerprint density at radius 3 is 2.38 bits per heavy atom. The quantitative estimate of drug-likeness (QED) is 0.847. The molecule has 1 saturated heterocycles. The predicted octanol–water partition coefficient (Wildman–Crippen LogP) is 3.74. The summed E-state index contributed by atoms with van der Waals surface area (Å²) in [5, 5.41) is 2.99. The molecule has 0 bridgehead atoms. The summed E-state index contributed by atoms with van der Waals surface area (Å²) < 4.78 is 26.5. The Balaban J connectivity index is 1.72. The van der Waals surface area contributed by atoms with E-state index in [1.54, 1.807) is 24.1 Å². The molecule has 0 radical (unpaired) electrons. The van der Waals surface area contributed by atoms with Crippen molar-refractivity contribution in [1.29, 1.82) is 0 Å². The van der Waals surface area contributed by atoms with Crippen LogP contribution in [0.25, 0.3) is 0 Å². The first kappa shape index (κ1) is 18.0. The summed E-state index contributed by atoms with van der Waals surface area (Å²) in [5.41, 5.74) is 1.61. The number of hydrogen-bond donors (Lipinski definition) is 1. The third-order valence-corrected chi connectivity index (χ3v) is 4.70. The number of nitrogens with one attached hydrogen (secondary N) is 1. The van der Waals surface area contributed by atoms with E-state index in [-0.39, 0.29) is 23.8 Å². The number of halogens is 2. The minimum Gasteiger partial charge on any atom is -0.388 e. The zero-order chi connectivity index (χ0) is 18.7. The molecule has 1 aliphatic rings. The molecular weight excluding hydrogens is 338 g/mol. The summed E-state index contributed by atoms with van der Waals surface area (Å²) >= 11 is 0. The molecule has 1 aliphatic heterocycles. The maximum atomic E-state index is 13.4. The van der Waals surface area contributed by atoms with Crippen molar-refractivity contribution in [3.63, 3.8) is 0 Å². The summed E-state index contributed by atoms with van der Waals surface area (Å²) in [6.45, 7) is 0.860. The lowest BCUT2D eigenvalue weighted by molar-refractivity contribution is 0.0637. The molecule has 1 amide bonds. The number of piperidine rings is 1. The molecule has 0 aromatic heterocycles. The van der Waals surface area contributed by atoms with Crippen LogP contribution in [0, 0.1) is 17.6 Å². The van der Waals surface area contributed by atoms with Crippen LogP contribution in [0.1, 0.15) is 33.6 Å². The van der Waals surface area contributed by atoms with Crippen LogP contribution in [0.15, 0.2) is 42.5 Å². The number of rotatable bonds is 4. The van der Waals surface area contributed by atoms with Gasteiger partial charge in [-0.1, -0.05) is 0 Å². The van der Waals surface area contributed by atoms with Gasteiger partial charge in [0.05, 0.1) is 0 Å². The van der Waals surface area contributed by atoms with Gasteiger partial charge < -0.3 is 10.2 Å². The molecule has 3 rings (SSSR count). The number of likely N-dealkylation sites (tertiary alicyclic amines) is 1. The number of Topliss-reactive ketones (excluding diaryl/α,β-unsaturated/α-hetero) is 1. The summed E-state index contributed by atoms with van der Waals surface area (Å²) in [7, 11) is 1.80. The van der Waals surface area contributed by atoms with E-state index in [0.29, 0.717) is 24.9 Å². The van der Waals surface area contributed by atoms with Gasteiger partial charge in [-0.25, -0.2) is 8.78 Å². The van der Waals surface area contributed by atoms with Gasteiger partial charge in [0.15, 0.2) is 17.4 Å². The second-order valence-corrected chi connectivity index (χ2v) is 6.41. The fourth-order valence-corrected chi connectivity index (χ4v) is 3.22. The molecule has 136 valence electrons. The average Bonchev–Trinajstić information content (AvgIpc) is 2.69. The third-order valence-electron chi connectivity index (χ3n) is 4.70. The molecule has 4 nitrogen and oxygen atoms in total. The second-order valence-electron chi connectivity index (χ2n) is 6.41. The number of carbonyl (C=O) groups excluding carboxylic acids is 2. The minimum atomic E-state index is -1.04. The highest BCUT2D eigenvalue weighted by molar-refractivity contribution is 5.99. The Morgan fingerprint density at radius 2 is 1.73 bits per heavy atom. The highest BCUT2D eigenvalue weighted by atomic mass is 19.2. The first-order valence-electron chi connectivity index (χ1n) is 8.56. The van der Waals surface area contributed by atoms with E-state index < -0.39 is 17.6 Å². The van der Waals surface area contributed by atoms with E-state index in [9.17, 15) is 18.4 Å². The van der Waals surface area contributed by atoms with Crippen LogP contribution < -0.4 is 5.32 Å². The van der Waals surface area contributed by atoms with Gasteiger partial charge in [0, 0.05) is 42.9 Å². The van der Waals surface area contributed by atoms with Gasteiger partial charge in [0.25, 0.3) is 5.91 Å². The summed E-state index contributed by atoms with van der Waals surface area (Å²) in [5.74, 6) is -2.81. The van der Waals surface area contributed by atoms with Crippen LogP contribution in [0.3, 0.4) is 0 Å². The Hall–Kier alpha value is -2.76. The zero-order valence-electron chi connectivity index (χ0n) is 14.5. The lowest BCUT2D eigenvalue weighted by Gasteiger charge is -2.32. The Labute approximate surface area is 150 Å². The molecule has 1 heterocycles. The molecule has 6 heteroatoms. The number of benzene rings is 2. The van der Waals surface area contributed by atoms with Gasteiger partial charge in [-0.15, -0.1) is 0 Å². The number of nitrogens with zero attached hydrogens (tertiary/aromatic N) is 1. The van der Waals surface area contributed by atoms with E-state index in [0.717, 1.165) is 17.8 Å².